The molecule has 0 unspecified atom stereocenters. The lowest BCUT2D eigenvalue weighted by Crippen LogP contribution is -2.32. The topological polar surface area (TPSA) is 69.2 Å². The van der Waals surface area contributed by atoms with Gasteiger partial charge in [0.2, 0.25) is 0 Å². The predicted octanol–water partition coefficient (Wildman–Crippen LogP) is 1.85. The Balaban J connectivity index is 2.66. The maximum Gasteiger partial charge on any atom is 0.291 e. The average molecular weight is 294 g/mol. The molecule has 0 bridgehead atoms. The summed E-state index contributed by atoms with van der Waals surface area (Å²) in [4.78, 5) is 16.3. The van der Waals surface area contributed by atoms with Gasteiger partial charge in [-0.25, -0.2) is 4.99 Å². The van der Waals surface area contributed by atoms with Crippen molar-refractivity contribution in [2.75, 3.05) is 34.0 Å². The van der Waals surface area contributed by atoms with Crippen LogP contribution in [0.15, 0.2) is 29.3 Å². The Morgan fingerprint density at radius 3 is 2.81 bits per heavy atom. The van der Waals surface area contributed by atoms with Gasteiger partial charge < -0.3 is 14.2 Å². The standard InChI is InChI=1S/C15H22N2O4/c1-4-21-15(16-9-6-10-19-2)17-14(18)12-7-5-8-13(11-12)20-3/h5,7-8,11H,4,6,9-10H2,1-3H3,(H,16,17,18). The molecule has 0 heterocycles. The number of hydrogen-bond donors (Lipinski definition) is 1. The Hall–Kier alpha value is -2.08. The summed E-state index contributed by atoms with van der Waals surface area (Å²) in [5, 5.41) is 2.65. The largest absolute Gasteiger partial charge is 0.497 e. The van der Waals surface area contributed by atoms with Crippen molar-refractivity contribution < 1.29 is 19.0 Å². The molecule has 6 nitrogen and oxygen atoms in total. The van der Waals surface area contributed by atoms with Crippen LogP contribution in [0, 0.1) is 0 Å². The Morgan fingerprint density at radius 2 is 2.14 bits per heavy atom. The summed E-state index contributed by atoms with van der Waals surface area (Å²) in [6.07, 6.45) is 0.766. The zero-order valence-corrected chi connectivity index (χ0v) is 12.7. The number of nitrogens with zero attached hydrogens (tertiary/aromatic N) is 1. The molecule has 0 fully saturated rings. The lowest BCUT2D eigenvalue weighted by Gasteiger charge is -2.10. The van der Waals surface area contributed by atoms with Crippen LogP contribution in [-0.2, 0) is 9.47 Å². The second-order valence-corrected chi connectivity index (χ2v) is 4.15. The number of nitrogens with one attached hydrogen (secondary N) is 1. The molecule has 0 atom stereocenters. The van der Waals surface area contributed by atoms with E-state index in [-0.39, 0.29) is 11.9 Å². The Kier molecular flexibility index (Phi) is 7.89. The number of carbonyl (C=O) groups is 1. The molecule has 1 N–H and O–H groups in total. The zero-order chi connectivity index (χ0) is 15.5. The molecule has 0 saturated carbocycles. The number of amides is 1. The highest BCUT2D eigenvalue weighted by Crippen LogP contribution is 2.12. The van der Waals surface area contributed by atoms with Crippen LogP contribution >= 0.6 is 0 Å². The number of ether oxygens (including phenoxy) is 3. The third-order valence-electron chi connectivity index (χ3n) is 2.60. The van der Waals surface area contributed by atoms with Gasteiger partial charge in [-0.2, -0.15) is 0 Å². The molecular formula is C15H22N2O4. The van der Waals surface area contributed by atoms with Crippen LogP contribution in [0.5, 0.6) is 5.75 Å². The van der Waals surface area contributed by atoms with Crippen LogP contribution in [-0.4, -0.2) is 45.9 Å². The zero-order valence-electron chi connectivity index (χ0n) is 12.7. The van der Waals surface area contributed by atoms with Gasteiger partial charge in [0, 0.05) is 25.8 Å². The van der Waals surface area contributed by atoms with Gasteiger partial charge in [-0.05, 0) is 31.5 Å². The van der Waals surface area contributed by atoms with E-state index in [4.69, 9.17) is 14.2 Å². The van der Waals surface area contributed by atoms with Crippen molar-refractivity contribution in [2.45, 2.75) is 13.3 Å². The molecule has 0 aliphatic rings. The van der Waals surface area contributed by atoms with Gasteiger partial charge in [-0.15, -0.1) is 0 Å². The van der Waals surface area contributed by atoms with Gasteiger partial charge in [-0.1, -0.05) is 6.07 Å². The first kappa shape index (κ1) is 17.0. The van der Waals surface area contributed by atoms with E-state index in [9.17, 15) is 4.79 Å². The van der Waals surface area contributed by atoms with Crippen LogP contribution in [0.25, 0.3) is 0 Å². The number of benzene rings is 1. The Bertz CT molecular complexity index is 474. The minimum absolute atomic E-state index is 0.224. The molecule has 1 rings (SSSR count). The molecule has 0 radical (unpaired) electrons. The van der Waals surface area contributed by atoms with Crippen molar-refractivity contribution in [1.82, 2.24) is 5.32 Å². The van der Waals surface area contributed by atoms with Gasteiger partial charge in [-0.3, -0.25) is 10.1 Å². The Labute approximate surface area is 125 Å². The van der Waals surface area contributed by atoms with E-state index < -0.39 is 0 Å². The van der Waals surface area contributed by atoms with Crippen LogP contribution < -0.4 is 10.1 Å². The summed E-state index contributed by atoms with van der Waals surface area (Å²) >= 11 is 0. The first-order valence-corrected chi connectivity index (χ1v) is 6.82. The van der Waals surface area contributed by atoms with Crippen LogP contribution in [0.1, 0.15) is 23.7 Å². The summed E-state index contributed by atoms with van der Waals surface area (Å²) < 4.78 is 15.4. The maximum absolute atomic E-state index is 12.1. The normalized spacial score (nSPS) is 11.1. The number of carbonyl (C=O) groups excluding carboxylic acids is 1. The maximum atomic E-state index is 12.1. The number of rotatable bonds is 7. The lowest BCUT2D eigenvalue weighted by molar-refractivity contribution is 0.0966. The van der Waals surface area contributed by atoms with Crippen LogP contribution in [0.3, 0.4) is 0 Å². The average Bonchev–Trinajstić information content (AvgIpc) is 2.51. The molecule has 21 heavy (non-hydrogen) atoms. The van der Waals surface area contributed by atoms with Crippen LogP contribution in [0.4, 0.5) is 0 Å². The van der Waals surface area contributed by atoms with Crippen molar-refractivity contribution in [3.8, 4) is 5.75 Å². The van der Waals surface area contributed by atoms with E-state index in [1.165, 1.54) is 0 Å². The third kappa shape index (κ3) is 6.27. The van der Waals surface area contributed by atoms with E-state index in [2.05, 4.69) is 10.3 Å². The van der Waals surface area contributed by atoms with Gasteiger partial charge in [0.15, 0.2) is 0 Å². The summed E-state index contributed by atoms with van der Waals surface area (Å²) in [6, 6.07) is 7.11. The van der Waals surface area contributed by atoms with Gasteiger partial charge in [0.05, 0.1) is 13.7 Å². The molecule has 0 saturated heterocycles. The molecule has 116 valence electrons. The van der Waals surface area contributed by atoms with E-state index in [1.807, 2.05) is 6.92 Å². The molecule has 0 aliphatic carbocycles. The first-order valence-electron chi connectivity index (χ1n) is 6.82. The van der Waals surface area contributed by atoms with Crippen molar-refractivity contribution in [2.24, 2.45) is 4.99 Å². The van der Waals surface area contributed by atoms with E-state index in [0.29, 0.717) is 31.1 Å². The summed E-state index contributed by atoms with van der Waals surface area (Å²) in [7, 11) is 3.19. The third-order valence-corrected chi connectivity index (χ3v) is 2.60. The van der Waals surface area contributed by atoms with Crippen LogP contribution in [0.2, 0.25) is 0 Å². The fourth-order valence-corrected chi connectivity index (χ4v) is 1.58. The molecule has 1 aromatic carbocycles. The highest BCUT2D eigenvalue weighted by molar-refractivity contribution is 6.04. The molecule has 0 aromatic heterocycles. The Morgan fingerprint density at radius 1 is 1.33 bits per heavy atom. The van der Waals surface area contributed by atoms with Gasteiger partial charge in [0.1, 0.15) is 5.75 Å². The number of hydrogen-bond acceptors (Lipinski definition) is 5. The molecule has 1 amide bonds. The molecule has 0 aliphatic heterocycles. The molecule has 0 spiro atoms. The van der Waals surface area contributed by atoms with E-state index in [0.717, 1.165) is 6.42 Å². The fourth-order valence-electron chi connectivity index (χ4n) is 1.58. The highest BCUT2D eigenvalue weighted by atomic mass is 16.5. The smallest absolute Gasteiger partial charge is 0.291 e. The number of aliphatic imine (C=N–C) groups is 1. The monoisotopic (exact) mass is 294 g/mol. The second-order valence-electron chi connectivity index (χ2n) is 4.15. The van der Waals surface area contributed by atoms with E-state index >= 15 is 0 Å². The van der Waals surface area contributed by atoms with Crippen molar-refractivity contribution in [3.63, 3.8) is 0 Å². The quantitative estimate of drug-likeness (QED) is 0.473. The first-order chi connectivity index (χ1) is 10.2. The lowest BCUT2D eigenvalue weighted by atomic mass is 10.2. The summed E-state index contributed by atoms with van der Waals surface area (Å²) in [5.41, 5.74) is 0.485. The van der Waals surface area contributed by atoms with E-state index in [1.54, 1.807) is 38.5 Å². The SMILES string of the molecule is CCOC(=NCCCOC)NC(=O)c1cccc(OC)c1. The molecular weight excluding hydrogens is 272 g/mol. The minimum atomic E-state index is -0.284. The molecule has 6 heteroatoms. The van der Waals surface area contributed by atoms with Crippen molar-refractivity contribution >= 4 is 11.9 Å². The summed E-state index contributed by atoms with van der Waals surface area (Å²) in [5.74, 6) is 0.338. The number of methoxy groups -OCH3 is 2. The number of amidine groups is 1. The van der Waals surface area contributed by atoms with Crippen molar-refractivity contribution in [1.29, 1.82) is 0 Å². The fraction of sp³-hybridized carbons (Fsp3) is 0.467. The second kappa shape index (κ2) is 9.77. The van der Waals surface area contributed by atoms with Crippen molar-refractivity contribution in [3.05, 3.63) is 29.8 Å². The van der Waals surface area contributed by atoms with Gasteiger partial charge >= 0.3 is 0 Å². The van der Waals surface area contributed by atoms with Gasteiger partial charge in [0.25, 0.3) is 11.9 Å². The predicted molar refractivity (Wildman–Crippen MR) is 80.9 cm³/mol. The summed E-state index contributed by atoms with van der Waals surface area (Å²) in [6.45, 7) is 3.41. The minimum Gasteiger partial charge on any atom is -0.497 e. The molecule has 1 aromatic rings. The highest BCUT2D eigenvalue weighted by Gasteiger charge is 2.10.